The molecule has 2 aromatic heterocycles. The Kier molecular flexibility index (Phi) is 4.43. The molecular formula is C23H26N6. The zero-order valence-corrected chi connectivity index (χ0v) is 17.0. The van der Waals surface area contributed by atoms with Crippen molar-refractivity contribution in [3.63, 3.8) is 0 Å². The molecule has 0 spiro atoms. The Morgan fingerprint density at radius 2 is 1.79 bits per heavy atom. The lowest BCUT2D eigenvalue weighted by molar-refractivity contribution is 0.209. The SMILES string of the molecule is CC(C)N1CCN(c2cnc3ccc(-c4ccc5c(c4)N=C(N)C5)nc3c2)CC1. The number of aliphatic imine (C=N–C) groups is 1. The maximum absolute atomic E-state index is 5.88. The van der Waals surface area contributed by atoms with Gasteiger partial charge in [0.2, 0.25) is 0 Å². The largest absolute Gasteiger partial charge is 0.387 e. The zero-order valence-electron chi connectivity index (χ0n) is 17.0. The van der Waals surface area contributed by atoms with Crippen LogP contribution >= 0.6 is 0 Å². The summed E-state index contributed by atoms with van der Waals surface area (Å²) < 4.78 is 0. The van der Waals surface area contributed by atoms with Crippen molar-refractivity contribution in [2.24, 2.45) is 10.7 Å². The molecule has 4 heterocycles. The number of anilines is 1. The Morgan fingerprint density at radius 1 is 0.966 bits per heavy atom. The number of nitrogens with zero attached hydrogens (tertiary/aromatic N) is 5. The third-order valence-electron chi connectivity index (χ3n) is 5.95. The number of piperazine rings is 1. The fourth-order valence-electron chi connectivity index (χ4n) is 4.19. The summed E-state index contributed by atoms with van der Waals surface area (Å²) >= 11 is 0. The highest BCUT2D eigenvalue weighted by molar-refractivity contribution is 5.92. The van der Waals surface area contributed by atoms with Gasteiger partial charge in [0, 0.05) is 44.2 Å². The van der Waals surface area contributed by atoms with Gasteiger partial charge in [0.1, 0.15) is 5.84 Å². The first-order valence-electron chi connectivity index (χ1n) is 10.3. The van der Waals surface area contributed by atoms with Gasteiger partial charge in [-0.2, -0.15) is 0 Å². The van der Waals surface area contributed by atoms with E-state index < -0.39 is 0 Å². The number of aromatic nitrogens is 2. The molecule has 3 aromatic rings. The Hall–Kier alpha value is -2.99. The first-order valence-corrected chi connectivity index (χ1v) is 10.3. The minimum Gasteiger partial charge on any atom is -0.387 e. The van der Waals surface area contributed by atoms with Crippen LogP contribution in [0.25, 0.3) is 22.3 Å². The molecule has 0 amide bonds. The Balaban J connectivity index is 1.44. The average Bonchev–Trinajstić information content (AvgIpc) is 3.12. The third-order valence-corrected chi connectivity index (χ3v) is 5.95. The van der Waals surface area contributed by atoms with Gasteiger partial charge in [-0.1, -0.05) is 12.1 Å². The van der Waals surface area contributed by atoms with Gasteiger partial charge in [0.15, 0.2) is 0 Å². The van der Waals surface area contributed by atoms with E-state index in [0.29, 0.717) is 11.9 Å². The van der Waals surface area contributed by atoms with Crippen LogP contribution in [0.4, 0.5) is 11.4 Å². The van der Waals surface area contributed by atoms with Crippen molar-refractivity contribution < 1.29 is 0 Å². The highest BCUT2D eigenvalue weighted by Gasteiger charge is 2.20. The number of benzene rings is 1. The van der Waals surface area contributed by atoms with Gasteiger partial charge in [-0.15, -0.1) is 0 Å². The third kappa shape index (κ3) is 3.44. The van der Waals surface area contributed by atoms with Crippen LogP contribution in [0.15, 0.2) is 47.6 Å². The van der Waals surface area contributed by atoms with Crippen LogP contribution in [0.1, 0.15) is 19.4 Å². The van der Waals surface area contributed by atoms with Crippen LogP contribution in [0.3, 0.4) is 0 Å². The number of amidine groups is 1. The smallest absolute Gasteiger partial charge is 0.104 e. The molecule has 5 rings (SSSR count). The van der Waals surface area contributed by atoms with Gasteiger partial charge in [-0.3, -0.25) is 9.88 Å². The molecular weight excluding hydrogens is 360 g/mol. The summed E-state index contributed by atoms with van der Waals surface area (Å²) in [4.78, 5) is 18.9. The van der Waals surface area contributed by atoms with Gasteiger partial charge in [-0.05, 0) is 43.7 Å². The van der Waals surface area contributed by atoms with Crippen molar-refractivity contribution in [2.45, 2.75) is 26.3 Å². The molecule has 0 aliphatic carbocycles. The molecule has 0 atom stereocenters. The average molecular weight is 387 g/mol. The van der Waals surface area contributed by atoms with Crippen LogP contribution in [-0.2, 0) is 6.42 Å². The molecule has 1 aromatic carbocycles. The molecule has 6 nitrogen and oxygen atoms in total. The molecule has 6 heteroatoms. The van der Waals surface area contributed by atoms with Crippen molar-refractivity contribution in [2.75, 3.05) is 31.1 Å². The number of rotatable bonds is 3. The van der Waals surface area contributed by atoms with E-state index in [-0.39, 0.29) is 0 Å². The predicted molar refractivity (Wildman–Crippen MR) is 119 cm³/mol. The number of hydrogen-bond acceptors (Lipinski definition) is 6. The number of fused-ring (bicyclic) bond motifs is 2. The molecule has 0 radical (unpaired) electrons. The number of pyridine rings is 2. The van der Waals surface area contributed by atoms with Crippen LogP contribution in [-0.4, -0.2) is 52.9 Å². The van der Waals surface area contributed by atoms with Gasteiger partial charge in [0.25, 0.3) is 0 Å². The summed E-state index contributed by atoms with van der Waals surface area (Å²) in [6, 6.07) is 13.1. The Bertz CT molecular complexity index is 1100. The maximum atomic E-state index is 5.88. The lowest BCUT2D eigenvalue weighted by Gasteiger charge is -2.38. The van der Waals surface area contributed by atoms with Gasteiger partial charge < -0.3 is 10.6 Å². The second kappa shape index (κ2) is 7.12. The van der Waals surface area contributed by atoms with E-state index in [1.807, 2.05) is 18.3 Å². The van der Waals surface area contributed by atoms with E-state index >= 15 is 0 Å². The van der Waals surface area contributed by atoms with E-state index in [2.05, 4.69) is 57.9 Å². The monoisotopic (exact) mass is 386 g/mol. The summed E-state index contributed by atoms with van der Waals surface area (Å²) in [5.74, 6) is 0.676. The quantitative estimate of drug-likeness (QED) is 0.747. The van der Waals surface area contributed by atoms with E-state index in [1.54, 1.807) is 0 Å². The summed E-state index contributed by atoms with van der Waals surface area (Å²) in [6.07, 6.45) is 2.71. The molecule has 148 valence electrons. The summed E-state index contributed by atoms with van der Waals surface area (Å²) in [5.41, 5.74) is 13.0. The Morgan fingerprint density at radius 3 is 2.59 bits per heavy atom. The van der Waals surface area contributed by atoms with Crippen LogP contribution in [0, 0.1) is 0 Å². The minimum atomic E-state index is 0.600. The Labute approximate surface area is 171 Å². The fourth-order valence-corrected chi connectivity index (χ4v) is 4.19. The van der Waals surface area contributed by atoms with E-state index in [4.69, 9.17) is 10.7 Å². The lowest BCUT2D eigenvalue weighted by Crippen LogP contribution is -2.48. The van der Waals surface area contributed by atoms with Gasteiger partial charge in [0.05, 0.1) is 34.3 Å². The zero-order chi connectivity index (χ0) is 20.0. The highest BCUT2D eigenvalue weighted by Crippen LogP contribution is 2.31. The molecule has 0 unspecified atom stereocenters. The topological polar surface area (TPSA) is 70.6 Å². The fraction of sp³-hybridized carbons (Fsp3) is 0.348. The summed E-state index contributed by atoms with van der Waals surface area (Å²) in [6.45, 7) is 8.74. The van der Waals surface area contributed by atoms with Crippen LogP contribution in [0.5, 0.6) is 0 Å². The number of nitrogens with two attached hydrogens (primary N) is 1. The first kappa shape index (κ1) is 18.1. The van der Waals surface area contributed by atoms with Gasteiger partial charge in [-0.25, -0.2) is 9.98 Å². The molecule has 29 heavy (non-hydrogen) atoms. The normalized spacial score (nSPS) is 17.1. The van der Waals surface area contributed by atoms with Crippen molar-refractivity contribution >= 4 is 28.2 Å². The molecule has 1 fully saturated rings. The molecule has 1 saturated heterocycles. The maximum Gasteiger partial charge on any atom is 0.104 e. The van der Waals surface area contributed by atoms with Gasteiger partial charge >= 0.3 is 0 Å². The molecule has 0 saturated carbocycles. The minimum absolute atomic E-state index is 0.600. The summed E-state index contributed by atoms with van der Waals surface area (Å²) in [7, 11) is 0. The second-order valence-electron chi connectivity index (χ2n) is 8.17. The van der Waals surface area contributed by atoms with Crippen molar-refractivity contribution in [1.82, 2.24) is 14.9 Å². The highest BCUT2D eigenvalue weighted by atomic mass is 15.3. The standard InChI is InChI=1S/C23H26N6/c1-15(2)28-7-9-29(10-8-28)18-13-22-20(25-14-18)6-5-19(26-22)16-3-4-17-12-23(24)27-21(17)11-16/h3-6,11,13-15H,7-10,12H2,1-2H3,(H2,24,27). The van der Waals surface area contributed by atoms with E-state index in [9.17, 15) is 0 Å². The first-order chi connectivity index (χ1) is 14.1. The molecule has 0 bridgehead atoms. The van der Waals surface area contributed by atoms with Crippen molar-refractivity contribution in [3.8, 4) is 11.3 Å². The van der Waals surface area contributed by atoms with E-state index in [1.165, 1.54) is 5.56 Å². The van der Waals surface area contributed by atoms with Crippen LogP contribution in [0.2, 0.25) is 0 Å². The second-order valence-corrected chi connectivity index (χ2v) is 8.17. The molecule has 2 N–H and O–H groups in total. The predicted octanol–water partition coefficient (Wildman–Crippen LogP) is 3.37. The number of hydrogen-bond donors (Lipinski definition) is 1. The van der Waals surface area contributed by atoms with Crippen molar-refractivity contribution in [3.05, 3.63) is 48.2 Å². The van der Waals surface area contributed by atoms with Crippen molar-refractivity contribution in [1.29, 1.82) is 0 Å². The van der Waals surface area contributed by atoms with Crippen LogP contribution < -0.4 is 10.6 Å². The molecule has 2 aliphatic heterocycles. The summed E-state index contributed by atoms with van der Waals surface area (Å²) in [5, 5.41) is 0. The van der Waals surface area contributed by atoms with E-state index in [0.717, 1.165) is 66.3 Å². The molecule has 2 aliphatic rings. The lowest BCUT2D eigenvalue weighted by atomic mass is 10.1.